The summed E-state index contributed by atoms with van der Waals surface area (Å²) in [6.07, 6.45) is 1.62. The molecule has 0 aliphatic carbocycles. The third kappa shape index (κ3) is 4.86. The zero-order chi connectivity index (χ0) is 18.4. The molecule has 2 heterocycles. The Bertz CT molecular complexity index is 739. The van der Waals surface area contributed by atoms with E-state index in [0.717, 1.165) is 16.9 Å². The number of carbonyl (C=O) groups is 1. The van der Waals surface area contributed by atoms with Crippen LogP contribution < -0.4 is 10.6 Å². The predicted molar refractivity (Wildman–Crippen MR) is 103 cm³/mol. The molecule has 1 aromatic carbocycles. The summed E-state index contributed by atoms with van der Waals surface area (Å²) in [7, 11) is 0. The summed E-state index contributed by atoms with van der Waals surface area (Å²) in [6, 6.07) is 11.4. The van der Waals surface area contributed by atoms with Gasteiger partial charge in [-0.15, -0.1) is 0 Å². The highest BCUT2D eigenvalue weighted by Crippen LogP contribution is 2.23. The number of aryl methyl sites for hydroxylation is 1. The lowest BCUT2D eigenvalue weighted by atomic mass is 10.1. The second-order valence-corrected chi connectivity index (χ2v) is 6.62. The Morgan fingerprint density at radius 2 is 2.12 bits per heavy atom. The molecule has 0 radical (unpaired) electrons. The Morgan fingerprint density at radius 3 is 2.88 bits per heavy atom. The van der Waals surface area contributed by atoms with Crippen LogP contribution >= 0.6 is 11.6 Å². The number of rotatable bonds is 5. The molecule has 1 atom stereocenters. The van der Waals surface area contributed by atoms with Gasteiger partial charge in [-0.05, 0) is 36.2 Å². The van der Waals surface area contributed by atoms with E-state index in [1.54, 1.807) is 11.1 Å². The summed E-state index contributed by atoms with van der Waals surface area (Å²) in [5, 5.41) is 6.86. The average molecular weight is 375 g/mol. The molecule has 0 saturated carbocycles. The van der Waals surface area contributed by atoms with Gasteiger partial charge in [-0.25, -0.2) is 9.78 Å². The number of nitrogens with one attached hydrogen (secondary N) is 2. The Labute approximate surface area is 158 Å². The van der Waals surface area contributed by atoms with Gasteiger partial charge in [0.1, 0.15) is 11.9 Å². The topological polar surface area (TPSA) is 66.5 Å². The zero-order valence-electron chi connectivity index (χ0n) is 14.7. The minimum Gasteiger partial charge on any atom is -0.370 e. The number of ether oxygens (including phenoxy) is 1. The summed E-state index contributed by atoms with van der Waals surface area (Å²) in [5.41, 5.74) is 2.11. The van der Waals surface area contributed by atoms with Crippen molar-refractivity contribution >= 4 is 23.4 Å². The van der Waals surface area contributed by atoms with Crippen molar-refractivity contribution in [1.82, 2.24) is 15.2 Å². The summed E-state index contributed by atoms with van der Waals surface area (Å²) in [4.78, 5) is 18.5. The average Bonchev–Trinajstić information content (AvgIpc) is 2.67. The fourth-order valence-electron chi connectivity index (χ4n) is 2.85. The molecule has 0 unspecified atom stereocenters. The predicted octanol–water partition coefficient (Wildman–Crippen LogP) is 3.24. The second kappa shape index (κ2) is 8.87. The first-order valence-electron chi connectivity index (χ1n) is 8.69. The number of nitrogens with zero attached hydrogens (tertiary/aromatic N) is 2. The monoisotopic (exact) mass is 374 g/mol. The summed E-state index contributed by atoms with van der Waals surface area (Å²) in [6.45, 7) is 4.78. The van der Waals surface area contributed by atoms with Gasteiger partial charge in [0, 0.05) is 30.9 Å². The van der Waals surface area contributed by atoms with Gasteiger partial charge >= 0.3 is 6.03 Å². The molecule has 1 aliphatic heterocycles. The van der Waals surface area contributed by atoms with E-state index in [1.807, 2.05) is 43.3 Å². The lowest BCUT2D eigenvalue weighted by Crippen LogP contribution is -2.48. The van der Waals surface area contributed by atoms with Crippen LogP contribution in [-0.4, -0.2) is 48.7 Å². The van der Waals surface area contributed by atoms with Gasteiger partial charge in [0.15, 0.2) is 0 Å². The number of hydrogen-bond acceptors (Lipinski definition) is 4. The van der Waals surface area contributed by atoms with Crippen LogP contribution in [0.3, 0.4) is 0 Å². The Morgan fingerprint density at radius 1 is 1.31 bits per heavy atom. The molecule has 0 spiro atoms. The summed E-state index contributed by atoms with van der Waals surface area (Å²) in [5.74, 6) is 0.843. The summed E-state index contributed by atoms with van der Waals surface area (Å²) >= 11 is 5.93. The van der Waals surface area contributed by atoms with Gasteiger partial charge in [-0.3, -0.25) is 0 Å². The SMILES string of the molecule is Cc1cccnc1NCCNC(=O)N1CCO[C@H](c2ccc(Cl)cc2)C1. The maximum atomic E-state index is 12.4. The fourth-order valence-corrected chi connectivity index (χ4v) is 2.97. The standard InChI is InChI=1S/C19H23ClN4O2/c1-14-3-2-8-21-18(14)22-9-10-23-19(25)24-11-12-26-17(13-24)15-4-6-16(20)7-5-15/h2-8,17H,9-13H2,1H3,(H,21,22)(H,23,25)/t17-/m0/s1. The molecule has 138 valence electrons. The minimum atomic E-state index is -0.124. The van der Waals surface area contributed by atoms with E-state index in [-0.39, 0.29) is 12.1 Å². The molecule has 3 rings (SSSR count). The molecule has 2 amide bonds. The smallest absolute Gasteiger partial charge is 0.317 e. The van der Waals surface area contributed by atoms with Crippen LogP contribution in [0.4, 0.5) is 10.6 Å². The van der Waals surface area contributed by atoms with Crippen LogP contribution in [0, 0.1) is 6.92 Å². The molecule has 1 saturated heterocycles. The van der Waals surface area contributed by atoms with Gasteiger partial charge in [-0.2, -0.15) is 0 Å². The largest absolute Gasteiger partial charge is 0.370 e. The Kier molecular flexibility index (Phi) is 6.30. The molecular weight excluding hydrogens is 352 g/mol. The highest BCUT2D eigenvalue weighted by atomic mass is 35.5. The van der Waals surface area contributed by atoms with Crippen LogP contribution in [0.15, 0.2) is 42.6 Å². The number of anilines is 1. The third-order valence-corrected chi connectivity index (χ3v) is 4.55. The maximum Gasteiger partial charge on any atom is 0.317 e. The number of hydrogen-bond donors (Lipinski definition) is 2. The quantitative estimate of drug-likeness (QED) is 0.788. The van der Waals surface area contributed by atoms with E-state index < -0.39 is 0 Å². The molecular formula is C19H23ClN4O2. The van der Waals surface area contributed by atoms with Crippen molar-refractivity contribution in [2.75, 3.05) is 38.1 Å². The molecule has 2 aromatic rings. The molecule has 26 heavy (non-hydrogen) atoms. The van der Waals surface area contributed by atoms with Crippen LogP contribution in [0.25, 0.3) is 0 Å². The van der Waals surface area contributed by atoms with Crippen molar-refractivity contribution in [2.45, 2.75) is 13.0 Å². The molecule has 1 fully saturated rings. The number of carbonyl (C=O) groups excluding carboxylic acids is 1. The van der Waals surface area contributed by atoms with Gasteiger partial charge in [0.2, 0.25) is 0 Å². The number of aromatic nitrogens is 1. The molecule has 1 aromatic heterocycles. The second-order valence-electron chi connectivity index (χ2n) is 6.18. The minimum absolute atomic E-state index is 0.0770. The van der Waals surface area contributed by atoms with Crippen LogP contribution in [0.5, 0.6) is 0 Å². The molecule has 0 bridgehead atoms. The first kappa shape index (κ1) is 18.5. The lowest BCUT2D eigenvalue weighted by molar-refractivity contribution is -0.0153. The summed E-state index contributed by atoms with van der Waals surface area (Å²) < 4.78 is 5.80. The van der Waals surface area contributed by atoms with E-state index in [2.05, 4.69) is 15.6 Å². The molecule has 2 N–H and O–H groups in total. The maximum absolute atomic E-state index is 12.4. The molecule has 1 aliphatic rings. The van der Waals surface area contributed by atoms with Crippen molar-refractivity contribution in [3.8, 4) is 0 Å². The van der Waals surface area contributed by atoms with Crippen molar-refractivity contribution in [3.63, 3.8) is 0 Å². The number of benzene rings is 1. The molecule has 7 heteroatoms. The van der Waals surface area contributed by atoms with Gasteiger partial charge in [0.05, 0.1) is 13.2 Å². The van der Waals surface area contributed by atoms with Crippen LogP contribution in [0.1, 0.15) is 17.2 Å². The Hall–Kier alpha value is -2.31. The normalized spacial score (nSPS) is 17.0. The fraction of sp³-hybridized carbons (Fsp3) is 0.368. The van der Waals surface area contributed by atoms with E-state index in [0.29, 0.717) is 37.8 Å². The van der Waals surface area contributed by atoms with Gasteiger partial charge in [0.25, 0.3) is 0 Å². The van der Waals surface area contributed by atoms with E-state index in [9.17, 15) is 4.79 Å². The number of morpholine rings is 1. The van der Waals surface area contributed by atoms with Crippen LogP contribution in [-0.2, 0) is 4.74 Å². The van der Waals surface area contributed by atoms with Gasteiger partial charge < -0.3 is 20.3 Å². The van der Waals surface area contributed by atoms with E-state index >= 15 is 0 Å². The first-order chi connectivity index (χ1) is 12.6. The number of pyridine rings is 1. The first-order valence-corrected chi connectivity index (χ1v) is 9.06. The highest BCUT2D eigenvalue weighted by molar-refractivity contribution is 6.30. The molecule has 6 nitrogen and oxygen atoms in total. The number of amides is 2. The third-order valence-electron chi connectivity index (χ3n) is 4.30. The lowest BCUT2D eigenvalue weighted by Gasteiger charge is -2.33. The van der Waals surface area contributed by atoms with Crippen molar-refractivity contribution in [1.29, 1.82) is 0 Å². The van der Waals surface area contributed by atoms with Crippen LogP contribution in [0.2, 0.25) is 5.02 Å². The zero-order valence-corrected chi connectivity index (χ0v) is 15.5. The van der Waals surface area contributed by atoms with Crippen molar-refractivity contribution in [2.24, 2.45) is 0 Å². The number of halogens is 1. The Balaban J connectivity index is 1.45. The van der Waals surface area contributed by atoms with Crippen molar-refractivity contribution in [3.05, 3.63) is 58.7 Å². The van der Waals surface area contributed by atoms with Gasteiger partial charge in [-0.1, -0.05) is 29.8 Å². The van der Waals surface area contributed by atoms with Crippen molar-refractivity contribution < 1.29 is 9.53 Å². The van der Waals surface area contributed by atoms with E-state index in [4.69, 9.17) is 16.3 Å². The highest BCUT2D eigenvalue weighted by Gasteiger charge is 2.25. The number of urea groups is 1. The van der Waals surface area contributed by atoms with E-state index in [1.165, 1.54) is 0 Å².